The molecule has 0 saturated heterocycles. The molecule has 0 saturated carbocycles. The highest BCUT2D eigenvalue weighted by atomic mass is 16.2. The summed E-state index contributed by atoms with van der Waals surface area (Å²) in [6.45, 7) is 4.00. The van der Waals surface area contributed by atoms with Gasteiger partial charge in [-0.1, -0.05) is 13.0 Å². The molecule has 2 aromatic carbocycles. The van der Waals surface area contributed by atoms with Crippen molar-refractivity contribution < 1.29 is 14.4 Å². The van der Waals surface area contributed by atoms with Crippen molar-refractivity contribution in [2.75, 3.05) is 24.2 Å². The molecule has 0 heterocycles. The van der Waals surface area contributed by atoms with Crippen molar-refractivity contribution in [2.24, 2.45) is 0 Å². The molecule has 0 aliphatic carbocycles. The minimum atomic E-state index is -0.241. The highest BCUT2D eigenvalue weighted by Gasteiger charge is 2.10. The Balaban J connectivity index is 1.90. The van der Waals surface area contributed by atoms with E-state index in [1.54, 1.807) is 55.6 Å². The first-order chi connectivity index (χ1) is 13.4. The summed E-state index contributed by atoms with van der Waals surface area (Å²) in [5.74, 6) is -0.573. The first-order valence-electron chi connectivity index (χ1n) is 9.19. The Morgan fingerprint density at radius 2 is 1.64 bits per heavy atom. The first kappa shape index (κ1) is 21.0. The predicted octanol–water partition coefficient (Wildman–Crippen LogP) is 2.63. The molecule has 4 N–H and O–H groups in total. The zero-order chi connectivity index (χ0) is 20.5. The summed E-state index contributed by atoms with van der Waals surface area (Å²) in [5, 5.41) is 11.2. The third kappa shape index (κ3) is 6.12. The van der Waals surface area contributed by atoms with Gasteiger partial charge in [-0.3, -0.25) is 14.4 Å². The zero-order valence-corrected chi connectivity index (χ0v) is 16.3. The Kier molecular flexibility index (Phi) is 7.56. The van der Waals surface area contributed by atoms with E-state index >= 15 is 0 Å². The third-order valence-electron chi connectivity index (χ3n) is 4.23. The number of benzene rings is 2. The van der Waals surface area contributed by atoms with Gasteiger partial charge >= 0.3 is 0 Å². The number of hydrogen-bond acceptors (Lipinski definition) is 4. The lowest BCUT2D eigenvalue weighted by Gasteiger charge is -2.12. The van der Waals surface area contributed by atoms with Crippen LogP contribution in [-0.4, -0.2) is 37.4 Å². The van der Waals surface area contributed by atoms with Crippen molar-refractivity contribution in [3.63, 3.8) is 0 Å². The van der Waals surface area contributed by atoms with Crippen LogP contribution in [0.25, 0.3) is 0 Å². The van der Waals surface area contributed by atoms with E-state index in [4.69, 9.17) is 0 Å². The minimum absolute atomic E-state index is 0.0581. The number of amides is 3. The smallest absolute Gasteiger partial charge is 0.251 e. The highest BCUT2D eigenvalue weighted by molar-refractivity contribution is 5.98. The number of carbonyl (C=O) groups is 3. The molecule has 28 heavy (non-hydrogen) atoms. The van der Waals surface area contributed by atoms with Gasteiger partial charge in [0.15, 0.2) is 0 Å². The maximum atomic E-state index is 12.2. The van der Waals surface area contributed by atoms with E-state index < -0.39 is 0 Å². The lowest BCUT2D eigenvalue weighted by molar-refractivity contribution is -0.114. The van der Waals surface area contributed by atoms with E-state index in [0.717, 1.165) is 12.1 Å². The summed E-state index contributed by atoms with van der Waals surface area (Å²) >= 11 is 0. The fourth-order valence-corrected chi connectivity index (χ4v) is 2.42. The predicted molar refractivity (Wildman–Crippen MR) is 111 cm³/mol. The van der Waals surface area contributed by atoms with Gasteiger partial charge < -0.3 is 21.3 Å². The number of anilines is 2. The van der Waals surface area contributed by atoms with Gasteiger partial charge in [0, 0.05) is 35.6 Å². The van der Waals surface area contributed by atoms with Gasteiger partial charge in [0.1, 0.15) is 0 Å². The molecule has 0 aliphatic heterocycles. The molecular formula is C21H26N4O3. The van der Waals surface area contributed by atoms with E-state index in [1.807, 2.05) is 13.8 Å². The average Bonchev–Trinajstić information content (AvgIpc) is 2.72. The van der Waals surface area contributed by atoms with Crippen molar-refractivity contribution >= 4 is 29.1 Å². The second-order valence-corrected chi connectivity index (χ2v) is 6.42. The molecule has 0 fully saturated rings. The van der Waals surface area contributed by atoms with E-state index in [-0.39, 0.29) is 30.3 Å². The molecule has 1 atom stereocenters. The lowest BCUT2D eigenvalue weighted by atomic mass is 10.1. The second-order valence-electron chi connectivity index (χ2n) is 6.42. The van der Waals surface area contributed by atoms with Gasteiger partial charge in [-0.25, -0.2) is 0 Å². The van der Waals surface area contributed by atoms with Gasteiger partial charge in [0.05, 0.1) is 6.54 Å². The Hall–Kier alpha value is -3.35. The van der Waals surface area contributed by atoms with E-state index in [0.29, 0.717) is 16.8 Å². The Labute approximate surface area is 164 Å². The monoisotopic (exact) mass is 382 g/mol. The molecule has 0 radical (unpaired) electrons. The van der Waals surface area contributed by atoms with Gasteiger partial charge in [-0.15, -0.1) is 0 Å². The van der Waals surface area contributed by atoms with Gasteiger partial charge in [-0.05, 0) is 55.8 Å². The van der Waals surface area contributed by atoms with Crippen molar-refractivity contribution in [1.82, 2.24) is 10.6 Å². The molecule has 0 spiro atoms. The highest BCUT2D eigenvalue weighted by Crippen LogP contribution is 2.12. The summed E-state index contributed by atoms with van der Waals surface area (Å²) in [5.41, 5.74) is 2.32. The molecule has 7 nitrogen and oxygen atoms in total. The van der Waals surface area contributed by atoms with Crippen LogP contribution in [0.15, 0.2) is 48.5 Å². The molecule has 0 aliphatic rings. The molecule has 2 aromatic rings. The van der Waals surface area contributed by atoms with Gasteiger partial charge in [0.25, 0.3) is 11.8 Å². The minimum Gasteiger partial charge on any atom is -0.376 e. The quantitative estimate of drug-likeness (QED) is 0.564. The molecular weight excluding hydrogens is 356 g/mol. The summed E-state index contributed by atoms with van der Waals surface area (Å²) in [7, 11) is 1.57. The van der Waals surface area contributed by atoms with Crippen LogP contribution in [0.4, 0.5) is 11.4 Å². The molecule has 1 unspecified atom stereocenters. The zero-order valence-electron chi connectivity index (χ0n) is 16.3. The second kappa shape index (κ2) is 10.1. The summed E-state index contributed by atoms with van der Waals surface area (Å²) in [4.78, 5) is 35.9. The number of nitrogens with one attached hydrogen (secondary N) is 4. The number of carbonyl (C=O) groups excluding carboxylic acids is 3. The van der Waals surface area contributed by atoms with Crippen LogP contribution < -0.4 is 21.3 Å². The topological polar surface area (TPSA) is 99.3 Å². The van der Waals surface area contributed by atoms with Crippen LogP contribution in [0, 0.1) is 0 Å². The fraction of sp³-hybridized carbons (Fsp3) is 0.286. The molecule has 2 rings (SSSR count). The maximum Gasteiger partial charge on any atom is 0.251 e. The number of rotatable bonds is 8. The van der Waals surface area contributed by atoms with Crippen LogP contribution in [-0.2, 0) is 4.79 Å². The van der Waals surface area contributed by atoms with Crippen molar-refractivity contribution in [3.05, 3.63) is 59.7 Å². The SMILES string of the molecule is CCC(C)NC(=O)c1cccc(NC(=O)CNc2ccc(C(=O)NC)cc2)c1. The summed E-state index contributed by atoms with van der Waals surface area (Å²) in [6, 6.07) is 13.7. The van der Waals surface area contributed by atoms with E-state index in [1.165, 1.54) is 0 Å². The fourth-order valence-electron chi connectivity index (χ4n) is 2.42. The van der Waals surface area contributed by atoms with Crippen LogP contribution in [0.3, 0.4) is 0 Å². The largest absolute Gasteiger partial charge is 0.376 e. The van der Waals surface area contributed by atoms with Gasteiger partial charge in [-0.2, -0.15) is 0 Å². The van der Waals surface area contributed by atoms with Crippen LogP contribution >= 0.6 is 0 Å². The molecule has 7 heteroatoms. The molecule has 148 valence electrons. The van der Waals surface area contributed by atoms with Crippen molar-refractivity contribution in [1.29, 1.82) is 0 Å². The lowest BCUT2D eigenvalue weighted by Crippen LogP contribution is -2.32. The molecule has 0 aromatic heterocycles. The van der Waals surface area contributed by atoms with Crippen molar-refractivity contribution in [3.8, 4) is 0 Å². The normalized spacial score (nSPS) is 11.2. The van der Waals surface area contributed by atoms with Crippen LogP contribution in [0.5, 0.6) is 0 Å². The first-order valence-corrected chi connectivity index (χ1v) is 9.19. The number of hydrogen-bond donors (Lipinski definition) is 4. The van der Waals surface area contributed by atoms with Gasteiger partial charge in [0.2, 0.25) is 5.91 Å². The average molecular weight is 382 g/mol. The Morgan fingerprint density at radius 1 is 0.929 bits per heavy atom. The summed E-state index contributed by atoms with van der Waals surface area (Å²) in [6.07, 6.45) is 0.845. The summed E-state index contributed by atoms with van der Waals surface area (Å²) < 4.78 is 0. The Bertz CT molecular complexity index is 834. The van der Waals surface area contributed by atoms with E-state index in [9.17, 15) is 14.4 Å². The third-order valence-corrected chi connectivity index (χ3v) is 4.23. The molecule has 0 bridgehead atoms. The van der Waals surface area contributed by atoms with Crippen LogP contribution in [0.2, 0.25) is 0 Å². The Morgan fingerprint density at radius 3 is 2.29 bits per heavy atom. The van der Waals surface area contributed by atoms with E-state index in [2.05, 4.69) is 21.3 Å². The van der Waals surface area contributed by atoms with Crippen LogP contribution in [0.1, 0.15) is 41.0 Å². The standard InChI is InChI=1S/C21H26N4O3/c1-4-14(2)24-21(28)16-6-5-7-18(12-16)25-19(26)13-23-17-10-8-15(9-11-17)20(27)22-3/h5-12,14,23H,4,13H2,1-3H3,(H,22,27)(H,24,28)(H,25,26). The van der Waals surface area contributed by atoms with Crippen molar-refractivity contribution in [2.45, 2.75) is 26.3 Å². The maximum absolute atomic E-state index is 12.2. The molecule has 3 amide bonds.